The van der Waals surface area contributed by atoms with Gasteiger partial charge in [0.15, 0.2) is 0 Å². The maximum Gasteiger partial charge on any atom is 0.271 e. The zero-order valence-electron chi connectivity index (χ0n) is 12.3. The number of hydrogen-bond donors (Lipinski definition) is 1. The van der Waals surface area contributed by atoms with Gasteiger partial charge in [-0.3, -0.25) is 9.78 Å². The van der Waals surface area contributed by atoms with Crippen LogP contribution in [0.5, 0.6) is 0 Å². The first-order valence-electron chi connectivity index (χ1n) is 6.82. The van der Waals surface area contributed by atoms with Crippen LogP contribution >= 0.6 is 0 Å². The molecule has 1 amide bonds. The number of aryl methyl sites for hydroxylation is 1. The van der Waals surface area contributed by atoms with Crippen molar-refractivity contribution in [2.75, 3.05) is 0 Å². The highest BCUT2D eigenvalue weighted by Crippen LogP contribution is 2.22. The van der Waals surface area contributed by atoms with Gasteiger partial charge in [0.2, 0.25) is 0 Å². The molecule has 0 aliphatic heterocycles. The molecule has 4 nitrogen and oxygen atoms in total. The van der Waals surface area contributed by atoms with Crippen LogP contribution in [0.25, 0.3) is 0 Å². The molecule has 0 fully saturated rings. The monoisotopic (exact) mass is 287 g/mol. The minimum absolute atomic E-state index is 0.165. The Hall–Kier alpha value is -2.30. The third-order valence-corrected chi connectivity index (χ3v) is 3.20. The van der Waals surface area contributed by atoms with Crippen molar-refractivity contribution in [1.82, 2.24) is 15.3 Å². The number of amides is 1. The van der Waals surface area contributed by atoms with Gasteiger partial charge < -0.3 is 5.32 Å². The first-order chi connectivity index (χ1) is 9.97. The van der Waals surface area contributed by atoms with Crippen LogP contribution in [0.15, 0.2) is 36.7 Å². The van der Waals surface area contributed by atoms with E-state index in [4.69, 9.17) is 0 Å². The smallest absolute Gasteiger partial charge is 0.271 e. The molecule has 110 valence electrons. The molecule has 0 aliphatic rings. The molecular weight excluding hydrogens is 269 g/mol. The highest BCUT2D eigenvalue weighted by molar-refractivity contribution is 5.92. The molecule has 0 spiro atoms. The third kappa shape index (κ3) is 3.84. The van der Waals surface area contributed by atoms with Crippen LogP contribution in [0.3, 0.4) is 0 Å². The molecule has 1 aromatic carbocycles. The van der Waals surface area contributed by atoms with Crippen molar-refractivity contribution in [2.24, 2.45) is 5.92 Å². The van der Waals surface area contributed by atoms with E-state index in [1.165, 1.54) is 18.3 Å². The number of carbonyl (C=O) groups is 1. The molecule has 0 unspecified atom stereocenters. The SMILES string of the molecule is Cc1cnc(C(=O)N[C@@H](c2ccc(F)cc2)C(C)C)cn1. The lowest BCUT2D eigenvalue weighted by molar-refractivity contribution is 0.0920. The molecule has 0 aliphatic carbocycles. The van der Waals surface area contributed by atoms with Gasteiger partial charge in [-0.25, -0.2) is 9.37 Å². The largest absolute Gasteiger partial charge is 0.344 e. The Morgan fingerprint density at radius 1 is 1.14 bits per heavy atom. The van der Waals surface area contributed by atoms with Crippen molar-refractivity contribution in [3.05, 3.63) is 59.4 Å². The van der Waals surface area contributed by atoms with Crippen molar-refractivity contribution in [1.29, 1.82) is 0 Å². The fourth-order valence-corrected chi connectivity index (χ4v) is 2.03. The summed E-state index contributed by atoms with van der Waals surface area (Å²) in [5.41, 5.74) is 1.89. The van der Waals surface area contributed by atoms with Crippen LogP contribution in [0.4, 0.5) is 4.39 Å². The van der Waals surface area contributed by atoms with Gasteiger partial charge in [0, 0.05) is 6.20 Å². The number of nitrogens with zero attached hydrogens (tertiary/aromatic N) is 2. The summed E-state index contributed by atoms with van der Waals surface area (Å²) in [6.07, 6.45) is 3.00. The Bertz CT molecular complexity index is 608. The summed E-state index contributed by atoms with van der Waals surface area (Å²) in [5, 5.41) is 2.92. The second-order valence-corrected chi connectivity index (χ2v) is 5.29. The lowest BCUT2D eigenvalue weighted by Crippen LogP contribution is -2.32. The Labute approximate surface area is 123 Å². The minimum Gasteiger partial charge on any atom is -0.344 e. The number of rotatable bonds is 4. The molecule has 2 aromatic rings. The van der Waals surface area contributed by atoms with E-state index in [-0.39, 0.29) is 29.4 Å². The van der Waals surface area contributed by atoms with Crippen LogP contribution in [-0.2, 0) is 0 Å². The second kappa shape index (κ2) is 6.43. The van der Waals surface area contributed by atoms with Gasteiger partial charge >= 0.3 is 0 Å². The number of nitrogens with one attached hydrogen (secondary N) is 1. The van der Waals surface area contributed by atoms with Gasteiger partial charge in [-0.05, 0) is 30.5 Å². The van der Waals surface area contributed by atoms with E-state index in [2.05, 4.69) is 15.3 Å². The van der Waals surface area contributed by atoms with Crippen molar-refractivity contribution in [3.8, 4) is 0 Å². The van der Waals surface area contributed by atoms with E-state index < -0.39 is 0 Å². The molecule has 2 rings (SSSR count). The summed E-state index contributed by atoms with van der Waals surface area (Å²) in [4.78, 5) is 20.4. The predicted octanol–water partition coefficient (Wildman–Crippen LogP) is 3.05. The Balaban J connectivity index is 2.18. The molecule has 0 bridgehead atoms. The molecule has 0 saturated heterocycles. The number of benzene rings is 1. The van der Waals surface area contributed by atoms with Crippen LogP contribution in [0, 0.1) is 18.7 Å². The maximum atomic E-state index is 13.0. The Morgan fingerprint density at radius 2 is 1.81 bits per heavy atom. The standard InChI is InChI=1S/C16H18FN3O/c1-10(2)15(12-4-6-13(17)7-5-12)20-16(21)14-9-18-11(3)8-19-14/h4-10,15H,1-3H3,(H,20,21)/t15-/m1/s1. The lowest BCUT2D eigenvalue weighted by atomic mass is 9.96. The summed E-state index contributed by atoms with van der Waals surface area (Å²) >= 11 is 0. The van der Waals surface area contributed by atoms with Crippen molar-refractivity contribution >= 4 is 5.91 Å². The van der Waals surface area contributed by atoms with Gasteiger partial charge in [-0.15, -0.1) is 0 Å². The number of carbonyl (C=O) groups excluding carboxylic acids is 1. The number of halogens is 1. The quantitative estimate of drug-likeness (QED) is 0.940. The first kappa shape index (κ1) is 15.1. The second-order valence-electron chi connectivity index (χ2n) is 5.29. The van der Waals surface area contributed by atoms with Crippen molar-refractivity contribution in [2.45, 2.75) is 26.8 Å². The summed E-state index contributed by atoms with van der Waals surface area (Å²) in [5.74, 6) is -0.416. The molecule has 1 atom stereocenters. The fraction of sp³-hybridized carbons (Fsp3) is 0.312. The van der Waals surface area contributed by atoms with Gasteiger partial charge in [0.05, 0.1) is 17.9 Å². The van der Waals surface area contributed by atoms with Gasteiger partial charge in [0.1, 0.15) is 11.5 Å². The van der Waals surface area contributed by atoms with E-state index in [1.54, 1.807) is 18.3 Å². The summed E-state index contributed by atoms with van der Waals surface area (Å²) in [7, 11) is 0. The molecule has 1 heterocycles. The predicted molar refractivity (Wildman–Crippen MR) is 78.2 cm³/mol. The summed E-state index contributed by atoms with van der Waals surface area (Å²) in [6.45, 7) is 5.80. The van der Waals surface area contributed by atoms with E-state index in [9.17, 15) is 9.18 Å². The van der Waals surface area contributed by atoms with E-state index in [0.29, 0.717) is 0 Å². The number of aromatic nitrogens is 2. The van der Waals surface area contributed by atoms with Crippen LogP contribution < -0.4 is 5.32 Å². The molecule has 21 heavy (non-hydrogen) atoms. The summed E-state index contributed by atoms with van der Waals surface area (Å²) < 4.78 is 13.0. The molecule has 0 saturated carbocycles. The van der Waals surface area contributed by atoms with E-state index >= 15 is 0 Å². The highest BCUT2D eigenvalue weighted by Gasteiger charge is 2.20. The summed E-state index contributed by atoms with van der Waals surface area (Å²) in [6, 6.07) is 5.94. The molecule has 1 aromatic heterocycles. The molecule has 5 heteroatoms. The average Bonchev–Trinajstić information content (AvgIpc) is 2.46. The van der Waals surface area contributed by atoms with Gasteiger partial charge in [-0.2, -0.15) is 0 Å². The fourth-order valence-electron chi connectivity index (χ4n) is 2.03. The topological polar surface area (TPSA) is 54.9 Å². The number of hydrogen-bond acceptors (Lipinski definition) is 3. The van der Waals surface area contributed by atoms with Crippen LogP contribution in [0.1, 0.15) is 41.6 Å². The Morgan fingerprint density at radius 3 is 2.33 bits per heavy atom. The molecular formula is C16H18FN3O. The van der Waals surface area contributed by atoms with Crippen LogP contribution in [-0.4, -0.2) is 15.9 Å². The highest BCUT2D eigenvalue weighted by atomic mass is 19.1. The van der Waals surface area contributed by atoms with Crippen molar-refractivity contribution < 1.29 is 9.18 Å². The zero-order valence-corrected chi connectivity index (χ0v) is 12.3. The average molecular weight is 287 g/mol. The lowest BCUT2D eigenvalue weighted by Gasteiger charge is -2.22. The molecule has 0 radical (unpaired) electrons. The first-order valence-corrected chi connectivity index (χ1v) is 6.82. The van der Waals surface area contributed by atoms with E-state index in [0.717, 1.165) is 11.3 Å². The third-order valence-electron chi connectivity index (χ3n) is 3.20. The minimum atomic E-state index is -0.294. The normalized spacial score (nSPS) is 12.2. The van der Waals surface area contributed by atoms with Crippen molar-refractivity contribution in [3.63, 3.8) is 0 Å². The van der Waals surface area contributed by atoms with Gasteiger partial charge in [-0.1, -0.05) is 26.0 Å². The Kier molecular flexibility index (Phi) is 4.62. The van der Waals surface area contributed by atoms with Crippen LogP contribution in [0.2, 0.25) is 0 Å². The maximum absolute atomic E-state index is 13.0. The van der Waals surface area contributed by atoms with E-state index in [1.807, 2.05) is 20.8 Å². The molecule has 1 N–H and O–H groups in total. The van der Waals surface area contributed by atoms with Gasteiger partial charge in [0.25, 0.3) is 5.91 Å². The zero-order chi connectivity index (χ0) is 15.4.